The van der Waals surface area contributed by atoms with Gasteiger partial charge in [-0.2, -0.15) is 0 Å². The molecule has 2 aromatic carbocycles. The number of nitrogens with zero attached hydrogens (tertiary/aromatic N) is 3. The van der Waals surface area contributed by atoms with Crippen LogP contribution in [0.1, 0.15) is 36.8 Å². The molecule has 0 unspecified atom stereocenters. The van der Waals surface area contributed by atoms with E-state index in [1.807, 2.05) is 0 Å². The standard InChI is InChI=1S/C29H29ClF2N4O11/c1-6-44-28(38)23(29(39)45-7-2)25-26(36(40)41)27(34-14(3)33-25)35-18-11-21(20(10-16(18)30)47-13-22(37)43-5)46-12-15-19(42-4)9-8-17(31)24(15)32/h8-11,23H,6-7,12-13H2,1-5H3,(H,33,34,35). The Labute approximate surface area is 271 Å². The smallest absolute Gasteiger partial charge is 0.343 e. The molecule has 252 valence electrons. The van der Waals surface area contributed by atoms with Gasteiger partial charge in [0.25, 0.3) is 0 Å². The highest BCUT2D eigenvalue weighted by molar-refractivity contribution is 6.33. The van der Waals surface area contributed by atoms with Gasteiger partial charge in [0.15, 0.2) is 29.7 Å². The van der Waals surface area contributed by atoms with E-state index in [9.17, 15) is 33.3 Å². The number of aryl methyl sites for hydroxylation is 1. The summed E-state index contributed by atoms with van der Waals surface area (Å²) in [5, 5.41) is 14.9. The Kier molecular flexibility index (Phi) is 12.5. The van der Waals surface area contributed by atoms with Crippen LogP contribution in [0.2, 0.25) is 5.02 Å². The molecule has 1 aromatic heterocycles. The van der Waals surface area contributed by atoms with Gasteiger partial charge in [-0.15, -0.1) is 0 Å². The van der Waals surface area contributed by atoms with Gasteiger partial charge in [-0.05, 0) is 32.9 Å². The van der Waals surface area contributed by atoms with Crippen LogP contribution in [0.25, 0.3) is 0 Å². The van der Waals surface area contributed by atoms with Crippen LogP contribution in [-0.4, -0.2) is 66.8 Å². The van der Waals surface area contributed by atoms with Crippen LogP contribution in [0.4, 0.5) is 26.0 Å². The Morgan fingerprint density at radius 3 is 2.21 bits per heavy atom. The molecule has 1 N–H and O–H groups in total. The minimum Gasteiger partial charge on any atom is -0.496 e. The van der Waals surface area contributed by atoms with Crippen molar-refractivity contribution in [1.29, 1.82) is 0 Å². The van der Waals surface area contributed by atoms with Gasteiger partial charge in [0.2, 0.25) is 11.7 Å². The largest absolute Gasteiger partial charge is 0.496 e. The molecule has 0 spiro atoms. The van der Waals surface area contributed by atoms with Gasteiger partial charge in [0.1, 0.15) is 23.9 Å². The van der Waals surface area contributed by atoms with Crippen molar-refractivity contribution in [2.75, 3.05) is 39.4 Å². The number of carbonyl (C=O) groups excluding carboxylic acids is 3. The number of esters is 3. The van der Waals surface area contributed by atoms with Crippen molar-refractivity contribution in [3.8, 4) is 17.2 Å². The molecule has 15 nitrogen and oxygen atoms in total. The van der Waals surface area contributed by atoms with Crippen LogP contribution in [0.3, 0.4) is 0 Å². The van der Waals surface area contributed by atoms with Gasteiger partial charge < -0.3 is 33.7 Å². The number of methoxy groups -OCH3 is 2. The Hall–Kier alpha value is -5.32. The monoisotopic (exact) mass is 682 g/mol. The van der Waals surface area contributed by atoms with E-state index in [0.29, 0.717) is 0 Å². The van der Waals surface area contributed by atoms with Crippen LogP contribution >= 0.6 is 11.6 Å². The highest BCUT2D eigenvalue weighted by Gasteiger charge is 2.41. The second-order valence-electron chi connectivity index (χ2n) is 9.15. The number of halogens is 3. The molecular formula is C29H29ClF2N4O11. The fourth-order valence-electron chi connectivity index (χ4n) is 4.06. The highest BCUT2D eigenvalue weighted by Crippen LogP contribution is 2.41. The summed E-state index contributed by atoms with van der Waals surface area (Å²) in [4.78, 5) is 56.9. The van der Waals surface area contributed by atoms with Crippen molar-refractivity contribution >= 4 is 46.7 Å². The van der Waals surface area contributed by atoms with Crippen LogP contribution in [0.5, 0.6) is 17.2 Å². The molecular weight excluding hydrogens is 654 g/mol. The maximum Gasteiger partial charge on any atom is 0.343 e. The van der Waals surface area contributed by atoms with Gasteiger partial charge in [-0.3, -0.25) is 19.7 Å². The molecule has 0 saturated heterocycles. The van der Waals surface area contributed by atoms with Crippen LogP contribution in [-0.2, 0) is 35.2 Å². The first-order valence-corrected chi connectivity index (χ1v) is 14.0. The van der Waals surface area contributed by atoms with E-state index in [2.05, 4.69) is 20.0 Å². The van der Waals surface area contributed by atoms with Crippen molar-refractivity contribution in [3.05, 3.63) is 68.1 Å². The third kappa shape index (κ3) is 8.69. The van der Waals surface area contributed by atoms with Crippen LogP contribution in [0, 0.1) is 28.7 Å². The third-order valence-corrected chi connectivity index (χ3v) is 6.44. The lowest BCUT2D eigenvalue weighted by molar-refractivity contribution is -0.385. The summed E-state index contributed by atoms with van der Waals surface area (Å²) in [6, 6.07) is 4.40. The highest BCUT2D eigenvalue weighted by atomic mass is 35.5. The van der Waals surface area contributed by atoms with Gasteiger partial charge >= 0.3 is 23.6 Å². The first-order valence-electron chi connectivity index (χ1n) is 13.7. The van der Waals surface area contributed by atoms with Gasteiger partial charge in [-0.1, -0.05) is 11.6 Å². The lowest BCUT2D eigenvalue weighted by atomic mass is 10.0. The predicted octanol–water partition coefficient (Wildman–Crippen LogP) is 4.72. The molecule has 0 atom stereocenters. The number of nitrogens with one attached hydrogen (secondary N) is 1. The van der Waals surface area contributed by atoms with E-state index < -0.39 is 70.8 Å². The maximum absolute atomic E-state index is 14.6. The molecule has 0 aliphatic rings. The average Bonchev–Trinajstić information content (AvgIpc) is 3.02. The van der Waals surface area contributed by atoms with Crippen molar-refractivity contribution in [2.45, 2.75) is 33.3 Å². The summed E-state index contributed by atoms with van der Waals surface area (Å²) >= 11 is 6.46. The molecule has 3 rings (SSSR count). The second-order valence-corrected chi connectivity index (χ2v) is 9.55. The fourth-order valence-corrected chi connectivity index (χ4v) is 4.26. The van der Waals surface area contributed by atoms with Crippen LogP contribution < -0.4 is 19.5 Å². The summed E-state index contributed by atoms with van der Waals surface area (Å²) in [5.41, 5.74) is -1.89. The van der Waals surface area contributed by atoms with E-state index in [0.717, 1.165) is 13.2 Å². The molecule has 18 heteroatoms. The SMILES string of the molecule is CCOC(=O)C(C(=O)OCC)c1nc(C)nc(Nc2cc(OCc3c(OC)ccc(F)c3F)c(OCC(=O)OC)cc2Cl)c1[N+](=O)[O-]. The zero-order valence-electron chi connectivity index (χ0n) is 25.7. The topological polar surface area (TPSA) is 188 Å². The zero-order chi connectivity index (χ0) is 34.8. The second kappa shape index (κ2) is 16.3. The van der Waals surface area contributed by atoms with Gasteiger partial charge in [-0.25, -0.2) is 23.5 Å². The van der Waals surface area contributed by atoms with Gasteiger partial charge in [0, 0.05) is 12.1 Å². The summed E-state index contributed by atoms with van der Waals surface area (Å²) in [7, 11) is 2.37. The van der Waals surface area contributed by atoms with Crippen LogP contribution in [0.15, 0.2) is 24.3 Å². The molecule has 0 aliphatic carbocycles. The van der Waals surface area contributed by atoms with Crippen molar-refractivity contribution in [3.63, 3.8) is 0 Å². The van der Waals surface area contributed by atoms with Crippen molar-refractivity contribution in [1.82, 2.24) is 9.97 Å². The normalized spacial score (nSPS) is 10.7. The molecule has 0 bridgehead atoms. The van der Waals surface area contributed by atoms with Crippen molar-refractivity contribution < 1.29 is 56.5 Å². The fraction of sp³-hybridized carbons (Fsp3) is 0.345. The summed E-state index contributed by atoms with van der Waals surface area (Å²) < 4.78 is 59.4. The lowest BCUT2D eigenvalue weighted by Crippen LogP contribution is -2.28. The quantitative estimate of drug-likeness (QED) is 0.0762. The van der Waals surface area contributed by atoms with E-state index >= 15 is 0 Å². The summed E-state index contributed by atoms with van der Waals surface area (Å²) in [6.45, 7) is 2.80. The average molecular weight is 683 g/mol. The van der Waals surface area contributed by atoms with E-state index in [1.54, 1.807) is 0 Å². The van der Waals surface area contributed by atoms with E-state index in [-0.39, 0.29) is 52.6 Å². The van der Waals surface area contributed by atoms with Crippen molar-refractivity contribution in [2.24, 2.45) is 0 Å². The van der Waals surface area contributed by atoms with E-state index in [4.69, 9.17) is 35.3 Å². The molecule has 0 fully saturated rings. The third-order valence-electron chi connectivity index (χ3n) is 6.13. The lowest BCUT2D eigenvalue weighted by Gasteiger charge is -2.18. The number of anilines is 2. The van der Waals surface area contributed by atoms with Gasteiger partial charge in [0.05, 0.1) is 48.6 Å². The molecule has 0 amide bonds. The summed E-state index contributed by atoms with van der Waals surface area (Å²) in [6.07, 6.45) is 0. The minimum atomic E-state index is -1.93. The number of hydrogen-bond donors (Lipinski definition) is 1. The van der Waals surface area contributed by atoms with E-state index in [1.165, 1.54) is 46.1 Å². The maximum atomic E-state index is 14.6. The molecule has 3 aromatic rings. The number of aromatic nitrogens is 2. The zero-order valence-corrected chi connectivity index (χ0v) is 26.4. The Balaban J connectivity index is 2.15. The Morgan fingerprint density at radius 1 is 1.00 bits per heavy atom. The number of rotatable bonds is 15. The minimum absolute atomic E-state index is 0.0365. The number of nitro groups is 1. The molecule has 47 heavy (non-hydrogen) atoms. The Morgan fingerprint density at radius 2 is 1.64 bits per heavy atom. The number of hydrogen-bond acceptors (Lipinski definition) is 14. The predicted molar refractivity (Wildman–Crippen MR) is 159 cm³/mol. The number of ether oxygens (including phenoxy) is 6. The number of benzene rings is 2. The molecule has 0 radical (unpaired) electrons. The molecule has 1 heterocycles. The summed E-state index contributed by atoms with van der Waals surface area (Å²) in [5.74, 6) is -8.38. The number of carbonyl (C=O) groups is 3. The first kappa shape index (κ1) is 36.2. The molecule has 0 aliphatic heterocycles. The molecule has 0 saturated carbocycles. The first-order chi connectivity index (χ1) is 22.4. The Bertz CT molecular complexity index is 1660.